The molecule has 162 valence electrons. The minimum atomic E-state index is -0.307. The van der Waals surface area contributed by atoms with Crippen LogP contribution in [0.4, 0.5) is 10.2 Å². The smallest absolute Gasteiger partial charge is 0.274 e. The lowest BCUT2D eigenvalue weighted by Gasteiger charge is -2.40. The molecular weight excluding hydrogens is 437 g/mol. The Morgan fingerprint density at radius 3 is 2.81 bits per heavy atom. The molecule has 2 atom stereocenters. The molecule has 0 aliphatic carbocycles. The van der Waals surface area contributed by atoms with Gasteiger partial charge in [-0.25, -0.2) is 19.3 Å². The summed E-state index contributed by atoms with van der Waals surface area (Å²) in [6, 6.07) is 7.92. The van der Waals surface area contributed by atoms with Gasteiger partial charge >= 0.3 is 0 Å². The number of thiazole rings is 1. The Hall–Kier alpha value is -2.58. The molecule has 1 aliphatic rings. The normalized spacial score (nSPS) is 18.8. The number of carbonyl (C=O) groups is 1. The molecule has 1 aliphatic heterocycles. The zero-order valence-corrected chi connectivity index (χ0v) is 18.9. The molecule has 4 rings (SSSR count). The molecule has 9 heteroatoms. The fourth-order valence-electron chi connectivity index (χ4n) is 3.96. The highest BCUT2D eigenvalue weighted by atomic mass is 35.5. The van der Waals surface area contributed by atoms with Crippen molar-refractivity contribution in [2.75, 3.05) is 18.4 Å². The largest absolute Gasteiger partial charge is 0.368 e. The van der Waals surface area contributed by atoms with E-state index in [4.69, 9.17) is 11.6 Å². The molecule has 1 N–H and O–H groups in total. The van der Waals surface area contributed by atoms with Gasteiger partial charge in [0, 0.05) is 19.3 Å². The van der Waals surface area contributed by atoms with Gasteiger partial charge in [0.2, 0.25) is 5.28 Å². The van der Waals surface area contributed by atoms with Gasteiger partial charge in [-0.3, -0.25) is 4.79 Å². The first-order valence-electron chi connectivity index (χ1n) is 10.2. The molecular formula is C22H23ClFN5OS. The summed E-state index contributed by atoms with van der Waals surface area (Å²) >= 11 is 7.34. The summed E-state index contributed by atoms with van der Waals surface area (Å²) in [6.07, 6.45) is 3.58. The highest BCUT2D eigenvalue weighted by Gasteiger charge is 2.34. The lowest BCUT2D eigenvalue weighted by atomic mass is 9.90. The molecule has 6 nitrogen and oxygen atoms in total. The Bertz CT molecular complexity index is 1070. The molecule has 2 aromatic heterocycles. The first kappa shape index (κ1) is 21.6. The van der Waals surface area contributed by atoms with Crippen LogP contribution in [0.2, 0.25) is 5.28 Å². The molecule has 0 spiro atoms. The molecule has 1 saturated heterocycles. The van der Waals surface area contributed by atoms with Crippen LogP contribution in [-0.4, -0.2) is 44.9 Å². The van der Waals surface area contributed by atoms with E-state index in [0.717, 1.165) is 28.3 Å². The SMILES string of the molecule is Cc1nc(C(=O)N2CCC[C@@H](C)C2CNc2ccnc(Cl)n2)c(-c2ccc(F)cc2)s1. The van der Waals surface area contributed by atoms with Crippen LogP contribution in [0.5, 0.6) is 0 Å². The van der Waals surface area contributed by atoms with Gasteiger partial charge in [-0.05, 0) is 61.0 Å². The molecule has 3 heterocycles. The second-order valence-corrected chi connectivity index (χ2v) is 9.24. The van der Waals surface area contributed by atoms with E-state index in [9.17, 15) is 9.18 Å². The predicted octanol–water partition coefficient (Wildman–Crippen LogP) is 5.05. The maximum atomic E-state index is 13.6. The zero-order chi connectivity index (χ0) is 22.0. The van der Waals surface area contributed by atoms with Crippen LogP contribution >= 0.6 is 22.9 Å². The lowest BCUT2D eigenvalue weighted by molar-refractivity contribution is 0.0535. The Morgan fingerprint density at radius 1 is 1.29 bits per heavy atom. The summed E-state index contributed by atoms with van der Waals surface area (Å²) in [7, 11) is 0. The summed E-state index contributed by atoms with van der Waals surface area (Å²) in [4.78, 5) is 28.9. The zero-order valence-electron chi connectivity index (χ0n) is 17.3. The van der Waals surface area contributed by atoms with E-state index in [-0.39, 0.29) is 23.0 Å². The molecule has 1 amide bonds. The number of halogens is 2. The molecule has 0 saturated carbocycles. The first-order chi connectivity index (χ1) is 14.9. The van der Waals surface area contributed by atoms with E-state index in [1.807, 2.05) is 11.8 Å². The van der Waals surface area contributed by atoms with Crippen molar-refractivity contribution in [1.29, 1.82) is 0 Å². The number of hydrogen-bond acceptors (Lipinski definition) is 6. The van der Waals surface area contributed by atoms with E-state index in [1.54, 1.807) is 24.4 Å². The minimum Gasteiger partial charge on any atom is -0.368 e. The van der Waals surface area contributed by atoms with E-state index < -0.39 is 0 Å². The predicted molar refractivity (Wildman–Crippen MR) is 121 cm³/mol. The number of anilines is 1. The number of carbonyl (C=O) groups excluding carboxylic acids is 1. The number of nitrogens with one attached hydrogen (secondary N) is 1. The number of benzene rings is 1. The molecule has 31 heavy (non-hydrogen) atoms. The number of rotatable bonds is 5. The summed E-state index contributed by atoms with van der Waals surface area (Å²) in [5, 5.41) is 4.27. The van der Waals surface area contributed by atoms with Crippen LogP contribution in [0.25, 0.3) is 10.4 Å². The summed E-state index contributed by atoms with van der Waals surface area (Å²) in [6.45, 7) is 5.26. The highest BCUT2D eigenvalue weighted by molar-refractivity contribution is 7.15. The first-order valence-corrected chi connectivity index (χ1v) is 11.4. The van der Waals surface area contributed by atoms with Crippen LogP contribution in [-0.2, 0) is 0 Å². The van der Waals surface area contributed by atoms with Gasteiger partial charge in [0.05, 0.1) is 15.9 Å². The van der Waals surface area contributed by atoms with Gasteiger partial charge in [0.25, 0.3) is 5.91 Å². The monoisotopic (exact) mass is 459 g/mol. The lowest BCUT2D eigenvalue weighted by Crippen LogP contribution is -2.51. The Labute approximate surface area is 189 Å². The topological polar surface area (TPSA) is 71.0 Å². The van der Waals surface area contributed by atoms with E-state index in [2.05, 4.69) is 27.2 Å². The standard InChI is InChI=1S/C22H23ClFN5OS/c1-13-4-3-11-29(17(13)12-26-18-9-10-25-22(23)28-18)21(30)19-20(31-14(2)27-19)15-5-7-16(24)8-6-15/h5-10,13,17H,3-4,11-12H2,1-2H3,(H,25,26,28)/t13-,17?/m1/s1. The van der Waals surface area contributed by atoms with Gasteiger partial charge in [0.1, 0.15) is 17.3 Å². The fourth-order valence-corrected chi connectivity index (χ4v) is 5.02. The third-order valence-electron chi connectivity index (χ3n) is 5.54. The van der Waals surface area contributed by atoms with E-state index in [1.165, 1.54) is 23.5 Å². The van der Waals surface area contributed by atoms with E-state index in [0.29, 0.717) is 30.5 Å². The Balaban J connectivity index is 1.59. The molecule has 0 bridgehead atoms. The summed E-state index contributed by atoms with van der Waals surface area (Å²) in [5.74, 6) is 0.541. The van der Waals surface area contributed by atoms with Gasteiger partial charge in [-0.1, -0.05) is 19.1 Å². The fraction of sp³-hybridized carbons (Fsp3) is 0.364. The van der Waals surface area contributed by atoms with Crippen molar-refractivity contribution in [2.45, 2.75) is 32.7 Å². The minimum absolute atomic E-state index is 0.0157. The van der Waals surface area contributed by atoms with Crippen molar-refractivity contribution in [1.82, 2.24) is 19.9 Å². The average Bonchev–Trinajstić information content (AvgIpc) is 3.14. The van der Waals surface area contributed by atoms with E-state index >= 15 is 0 Å². The third kappa shape index (κ3) is 4.85. The Kier molecular flexibility index (Phi) is 6.48. The maximum Gasteiger partial charge on any atom is 0.274 e. The second-order valence-electron chi connectivity index (χ2n) is 7.69. The van der Waals surface area contributed by atoms with Crippen molar-refractivity contribution in [2.24, 2.45) is 5.92 Å². The maximum absolute atomic E-state index is 13.6. The Morgan fingerprint density at radius 2 is 2.06 bits per heavy atom. The number of hydrogen-bond donors (Lipinski definition) is 1. The second kappa shape index (κ2) is 9.28. The highest BCUT2D eigenvalue weighted by Crippen LogP contribution is 2.33. The number of likely N-dealkylation sites (tertiary alicyclic amines) is 1. The van der Waals surface area contributed by atoms with Crippen molar-refractivity contribution in [3.05, 3.63) is 58.3 Å². The van der Waals surface area contributed by atoms with Crippen LogP contribution in [0, 0.1) is 18.7 Å². The van der Waals surface area contributed by atoms with Gasteiger partial charge in [-0.2, -0.15) is 0 Å². The van der Waals surface area contributed by atoms with Crippen LogP contribution < -0.4 is 5.32 Å². The van der Waals surface area contributed by atoms with Crippen molar-refractivity contribution >= 4 is 34.7 Å². The molecule has 1 aromatic carbocycles. The molecule has 1 unspecified atom stereocenters. The van der Waals surface area contributed by atoms with Crippen LogP contribution in [0.1, 0.15) is 35.3 Å². The number of nitrogens with zero attached hydrogens (tertiary/aromatic N) is 4. The summed E-state index contributed by atoms with van der Waals surface area (Å²) in [5.41, 5.74) is 1.23. The number of piperidine rings is 1. The number of amides is 1. The molecule has 3 aromatic rings. The number of aryl methyl sites for hydroxylation is 1. The summed E-state index contributed by atoms with van der Waals surface area (Å²) < 4.78 is 13.4. The quantitative estimate of drug-likeness (QED) is 0.540. The van der Waals surface area contributed by atoms with Gasteiger partial charge in [0.15, 0.2) is 0 Å². The van der Waals surface area contributed by atoms with Crippen molar-refractivity contribution < 1.29 is 9.18 Å². The molecule has 1 fully saturated rings. The van der Waals surface area contributed by atoms with Crippen molar-refractivity contribution in [3.8, 4) is 10.4 Å². The average molecular weight is 460 g/mol. The number of aromatic nitrogens is 3. The third-order valence-corrected chi connectivity index (χ3v) is 6.74. The van der Waals surface area contributed by atoms with Crippen molar-refractivity contribution in [3.63, 3.8) is 0 Å². The van der Waals surface area contributed by atoms with Gasteiger partial charge in [-0.15, -0.1) is 11.3 Å². The van der Waals surface area contributed by atoms with Crippen LogP contribution in [0.3, 0.4) is 0 Å². The van der Waals surface area contributed by atoms with Crippen LogP contribution in [0.15, 0.2) is 36.5 Å². The van der Waals surface area contributed by atoms with Gasteiger partial charge < -0.3 is 10.2 Å². The molecule has 0 radical (unpaired) electrons.